The quantitative estimate of drug-likeness (QED) is 0.0199. The first-order chi connectivity index (χ1) is 33.5. The highest BCUT2D eigenvalue weighted by molar-refractivity contribution is 5.71. The molecule has 0 N–H and O–H groups in total. The van der Waals surface area contributed by atoms with Gasteiger partial charge in [-0.15, -0.1) is 0 Å². The first-order valence-electron chi connectivity index (χ1n) is 29.7. The summed E-state index contributed by atoms with van der Waals surface area (Å²) in [6, 6.07) is 0. The molecule has 1 unspecified atom stereocenters. The van der Waals surface area contributed by atoms with Crippen molar-refractivity contribution in [3.63, 3.8) is 0 Å². The number of ether oxygens (including phenoxy) is 3. The molecule has 0 heterocycles. The summed E-state index contributed by atoms with van der Waals surface area (Å²) >= 11 is 0. The van der Waals surface area contributed by atoms with Crippen LogP contribution in [0.4, 0.5) is 0 Å². The van der Waals surface area contributed by atoms with Crippen LogP contribution in [0.3, 0.4) is 0 Å². The highest BCUT2D eigenvalue weighted by atomic mass is 16.6. The van der Waals surface area contributed by atoms with Crippen LogP contribution in [-0.2, 0) is 28.6 Å². The van der Waals surface area contributed by atoms with Gasteiger partial charge in [0, 0.05) is 19.3 Å². The van der Waals surface area contributed by atoms with E-state index in [9.17, 15) is 14.4 Å². The molecule has 0 radical (unpaired) electrons. The number of rotatable bonds is 54. The van der Waals surface area contributed by atoms with E-state index >= 15 is 0 Å². The molecule has 1 atom stereocenters. The highest BCUT2D eigenvalue weighted by Gasteiger charge is 2.19. The van der Waals surface area contributed by atoms with E-state index in [0.717, 1.165) is 96.3 Å². The van der Waals surface area contributed by atoms with Crippen LogP contribution in [0.1, 0.15) is 310 Å². The van der Waals surface area contributed by atoms with Crippen molar-refractivity contribution in [3.05, 3.63) is 48.6 Å². The second-order valence-electron chi connectivity index (χ2n) is 19.9. The smallest absolute Gasteiger partial charge is 0.306 e. The largest absolute Gasteiger partial charge is 0.462 e. The molecule has 0 aliphatic carbocycles. The van der Waals surface area contributed by atoms with Crippen molar-refractivity contribution in [2.75, 3.05) is 13.2 Å². The number of carbonyl (C=O) groups excluding carboxylic acids is 3. The number of esters is 3. The number of allylic oxidation sites excluding steroid dienone is 8. The summed E-state index contributed by atoms with van der Waals surface area (Å²) < 4.78 is 16.9. The van der Waals surface area contributed by atoms with Crippen LogP contribution in [0.5, 0.6) is 0 Å². The van der Waals surface area contributed by atoms with Crippen LogP contribution in [0, 0.1) is 0 Å². The van der Waals surface area contributed by atoms with Gasteiger partial charge in [-0.2, -0.15) is 0 Å². The summed E-state index contributed by atoms with van der Waals surface area (Å²) in [6.45, 7) is 6.64. The molecule has 0 aromatic carbocycles. The lowest BCUT2D eigenvalue weighted by molar-refractivity contribution is -0.167. The zero-order chi connectivity index (χ0) is 49.3. The predicted octanol–water partition coefficient (Wildman–Crippen LogP) is 19.8. The zero-order valence-electron chi connectivity index (χ0n) is 45.4. The third kappa shape index (κ3) is 54.3. The predicted molar refractivity (Wildman–Crippen MR) is 293 cm³/mol. The molecule has 0 amide bonds. The molecular weight excluding hydrogens is 841 g/mol. The summed E-state index contributed by atoms with van der Waals surface area (Å²) in [5.74, 6) is -0.901. The minimum atomic E-state index is -0.787. The van der Waals surface area contributed by atoms with E-state index in [1.54, 1.807) is 0 Å². The van der Waals surface area contributed by atoms with Gasteiger partial charge in [-0.1, -0.05) is 243 Å². The van der Waals surface area contributed by atoms with Crippen molar-refractivity contribution in [1.82, 2.24) is 0 Å². The third-order valence-electron chi connectivity index (χ3n) is 13.1. The molecule has 0 aromatic rings. The van der Waals surface area contributed by atoms with E-state index in [0.29, 0.717) is 19.3 Å². The minimum Gasteiger partial charge on any atom is -0.462 e. The maximum Gasteiger partial charge on any atom is 0.306 e. The number of hydrogen-bond donors (Lipinski definition) is 0. The Hall–Kier alpha value is -2.63. The lowest BCUT2D eigenvalue weighted by atomic mass is 10.1. The Labute approximate surface area is 422 Å². The Morgan fingerprint density at radius 1 is 0.294 bits per heavy atom. The van der Waals surface area contributed by atoms with Crippen molar-refractivity contribution < 1.29 is 28.6 Å². The van der Waals surface area contributed by atoms with Crippen LogP contribution in [0.15, 0.2) is 48.6 Å². The van der Waals surface area contributed by atoms with Gasteiger partial charge in [-0.05, 0) is 96.3 Å². The second-order valence-corrected chi connectivity index (χ2v) is 19.9. The second kappa shape index (κ2) is 57.0. The van der Waals surface area contributed by atoms with Gasteiger partial charge in [-0.3, -0.25) is 14.4 Å². The van der Waals surface area contributed by atoms with Gasteiger partial charge >= 0.3 is 17.9 Å². The van der Waals surface area contributed by atoms with Gasteiger partial charge in [0.15, 0.2) is 6.10 Å². The Morgan fingerprint density at radius 2 is 0.529 bits per heavy atom. The zero-order valence-corrected chi connectivity index (χ0v) is 45.4. The van der Waals surface area contributed by atoms with E-state index < -0.39 is 6.10 Å². The average molecular weight is 954 g/mol. The first-order valence-corrected chi connectivity index (χ1v) is 29.7. The Kier molecular flexibility index (Phi) is 54.8. The first kappa shape index (κ1) is 65.4. The van der Waals surface area contributed by atoms with Crippen molar-refractivity contribution in [2.45, 2.75) is 316 Å². The molecule has 396 valence electrons. The summed E-state index contributed by atoms with van der Waals surface area (Å²) in [5, 5.41) is 0. The fourth-order valence-corrected chi connectivity index (χ4v) is 8.54. The molecule has 0 aromatic heterocycles. The van der Waals surface area contributed by atoms with Crippen LogP contribution in [0.2, 0.25) is 0 Å². The van der Waals surface area contributed by atoms with Crippen molar-refractivity contribution in [1.29, 1.82) is 0 Å². The lowest BCUT2D eigenvalue weighted by Gasteiger charge is -2.18. The summed E-state index contributed by atoms with van der Waals surface area (Å²) in [6.07, 6.45) is 69.6. The number of unbranched alkanes of at least 4 members (excludes halogenated alkanes) is 36. The van der Waals surface area contributed by atoms with Gasteiger partial charge in [0.1, 0.15) is 13.2 Å². The van der Waals surface area contributed by atoms with Gasteiger partial charge in [0.25, 0.3) is 0 Å². The SMILES string of the molecule is CCCCCCCCC/C=C\C=C/CCCCCCCC(=O)OCC(COC(=O)CCCCCCC/C=C\CCCCCCCCC)OC(=O)CCCCCCC/C=C\CCCCCCCCC. The van der Waals surface area contributed by atoms with Crippen LogP contribution >= 0.6 is 0 Å². The summed E-state index contributed by atoms with van der Waals surface area (Å²) in [4.78, 5) is 38.2. The number of carbonyl (C=O) groups is 3. The molecule has 0 aliphatic heterocycles. The number of hydrogen-bond acceptors (Lipinski definition) is 6. The third-order valence-corrected chi connectivity index (χ3v) is 13.1. The monoisotopic (exact) mass is 953 g/mol. The topological polar surface area (TPSA) is 78.9 Å². The fourth-order valence-electron chi connectivity index (χ4n) is 8.54. The van der Waals surface area contributed by atoms with Crippen molar-refractivity contribution in [3.8, 4) is 0 Å². The Bertz CT molecular complexity index is 1190. The molecule has 0 saturated heterocycles. The van der Waals surface area contributed by atoms with E-state index in [-0.39, 0.29) is 31.1 Å². The molecule has 0 saturated carbocycles. The maximum atomic E-state index is 12.9. The van der Waals surface area contributed by atoms with Crippen molar-refractivity contribution >= 4 is 17.9 Å². The molecule has 6 nitrogen and oxygen atoms in total. The standard InChI is InChI=1S/C62H112O6/c1-4-7-10-13-16-19-22-25-28-31-32-35-37-40-43-46-49-52-55-61(64)67-58-59(68-62(65)56-53-50-47-44-41-38-34-30-27-24-21-18-15-12-9-6-3)57-66-60(63)54-51-48-45-42-39-36-33-29-26-23-20-17-14-11-8-5-2/h28-35,59H,4-27,36-58H2,1-3H3/b31-28-,33-29-,34-30-,35-32-. The van der Waals surface area contributed by atoms with Gasteiger partial charge < -0.3 is 14.2 Å². The highest BCUT2D eigenvalue weighted by Crippen LogP contribution is 2.15. The lowest BCUT2D eigenvalue weighted by Crippen LogP contribution is -2.30. The molecule has 0 aliphatic rings. The van der Waals surface area contributed by atoms with E-state index in [1.807, 2.05) is 0 Å². The molecule has 0 spiro atoms. The van der Waals surface area contributed by atoms with Crippen LogP contribution < -0.4 is 0 Å². The fraction of sp³-hybridized carbons (Fsp3) is 0.823. The Morgan fingerprint density at radius 3 is 0.824 bits per heavy atom. The van der Waals surface area contributed by atoms with Crippen LogP contribution in [0.25, 0.3) is 0 Å². The van der Waals surface area contributed by atoms with E-state index in [1.165, 1.54) is 173 Å². The average Bonchev–Trinajstić information content (AvgIpc) is 3.34. The van der Waals surface area contributed by atoms with Crippen LogP contribution in [-0.4, -0.2) is 37.2 Å². The van der Waals surface area contributed by atoms with E-state index in [2.05, 4.69) is 69.4 Å². The summed E-state index contributed by atoms with van der Waals surface area (Å²) in [7, 11) is 0. The van der Waals surface area contributed by atoms with E-state index in [4.69, 9.17) is 14.2 Å². The molecular formula is C62H112O6. The Balaban J connectivity index is 4.41. The molecule has 0 bridgehead atoms. The summed E-state index contributed by atoms with van der Waals surface area (Å²) in [5.41, 5.74) is 0. The molecule has 68 heavy (non-hydrogen) atoms. The van der Waals surface area contributed by atoms with Gasteiger partial charge in [0.2, 0.25) is 0 Å². The normalized spacial score (nSPS) is 12.3. The molecule has 0 fully saturated rings. The van der Waals surface area contributed by atoms with Gasteiger partial charge in [0.05, 0.1) is 0 Å². The van der Waals surface area contributed by atoms with Gasteiger partial charge in [-0.25, -0.2) is 0 Å². The molecule has 0 rings (SSSR count). The minimum absolute atomic E-state index is 0.0844. The van der Waals surface area contributed by atoms with Crippen molar-refractivity contribution in [2.24, 2.45) is 0 Å². The molecule has 6 heteroatoms. The maximum absolute atomic E-state index is 12.9.